The van der Waals surface area contributed by atoms with Crippen molar-refractivity contribution in [2.45, 2.75) is 38.5 Å². The summed E-state index contributed by atoms with van der Waals surface area (Å²) in [6.45, 7) is 3.50. The summed E-state index contributed by atoms with van der Waals surface area (Å²) in [4.78, 5) is 31.1. The van der Waals surface area contributed by atoms with Crippen LogP contribution in [0.5, 0.6) is 0 Å². The fourth-order valence-electron chi connectivity index (χ4n) is 4.28. The molecule has 3 aliphatic rings. The number of aliphatic hydroxyl groups excluding tert-OH is 1. The quantitative estimate of drug-likeness (QED) is 0.794. The van der Waals surface area contributed by atoms with E-state index in [1.807, 2.05) is 37.3 Å². The zero-order valence-corrected chi connectivity index (χ0v) is 14.5. The van der Waals surface area contributed by atoms with Crippen molar-refractivity contribution in [2.24, 2.45) is 17.0 Å². The van der Waals surface area contributed by atoms with Gasteiger partial charge in [-0.1, -0.05) is 42.4 Å². The van der Waals surface area contributed by atoms with Crippen LogP contribution in [0.3, 0.4) is 0 Å². The van der Waals surface area contributed by atoms with Crippen molar-refractivity contribution < 1.29 is 24.6 Å². The Labute approximate surface area is 150 Å². The van der Waals surface area contributed by atoms with Crippen LogP contribution in [0.4, 0.5) is 0 Å². The molecule has 26 heavy (non-hydrogen) atoms. The molecule has 5 atom stereocenters. The normalized spacial score (nSPS) is 31.3. The van der Waals surface area contributed by atoms with Gasteiger partial charge >= 0.3 is 5.97 Å². The third kappa shape index (κ3) is 2.27. The molecular formula is C19H20N2O5. The predicted octanol–water partition coefficient (Wildman–Crippen LogP) is 1.38. The van der Waals surface area contributed by atoms with E-state index in [9.17, 15) is 19.8 Å². The Morgan fingerprint density at radius 2 is 2.04 bits per heavy atom. The van der Waals surface area contributed by atoms with Crippen LogP contribution in [0.25, 0.3) is 0 Å². The van der Waals surface area contributed by atoms with Gasteiger partial charge in [0.05, 0.1) is 23.8 Å². The Morgan fingerprint density at radius 3 is 2.65 bits per heavy atom. The minimum Gasteiger partial charge on any atom is -0.477 e. The van der Waals surface area contributed by atoms with Crippen molar-refractivity contribution in [3.63, 3.8) is 0 Å². The molecular weight excluding hydrogens is 336 g/mol. The molecule has 0 aliphatic carbocycles. The van der Waals surface area contributed by atoms with Gasteiger partial charge in [0.1, 0.15) is 5.70 Å². The van der Waals surface area contributed by atoms with Crippen molar-refractivity contribution in [1.29, 1.82) is 0 Å². The van der Waals surface area contributed by atoms with Crippen molar-refractivity contribution in [3.8, 4) is 0 Å². The van der Waals surface area contributed by atoms with Crippen molar-refractivity contribution in [1.82, 2.24) is 4.90 Å². The van der Waals surface area contributed by atoms with Gasteiger partial charge in [-0.2, -0.15) is 0 Å². The third-order valence-electron chi connectivity index (χ3n) is 5.53. The number of carboxylic acids is 1. The van der Waals surface area contributed by atoms with Crippen molar-refractivity contribution in [2.75, 3.05) is 0 Å². The maximum Gasteiger partial charge on any atom is 0.352 e. The molecule has 1 saturated heterocycles. The standard InChI is InChI=1S/C19H20N2O5/c1-9-15(11-6-4-3-5-7-11)20-26-17(9)12-8-13-14(10(2)22)18(23)21(13)16(12)19(24)25/h3-7,9-10,13-14,17,22H,8H2,1-2H3,(H,24,25)/t9-,10-,13-,14-,17-/m1/s1. The number of hydrogen-bond donors (Lipinski definition) is 2. The SMILES string of the molecule is C[C@@H]1C(c2ccccc2)=NO[C@H]1C1=C(C(=O)O)N2C(=O)[C@H]([C@@H](C)O)[C@H]2C1. The van der Waals surface area contributed by atoms with Gasteiger partial charge in [-0.15, -0.1) is 0 Å². The number of carboxylic acid groups (broad SMARTS) is 1. The molecule has 1 aromatic carbocycles. The lowest BCUT2D eigenvalue weighted by molar-refractivity contribution is -0.161. The van der Waals surface area contributed by atoms with E-state index in [1.54, 1.807) is 6.92 Å². The van der Waals surface area contributed by atoms with Crippen LogP contribution in [0.2, 0.25) is 0 Å². The number of benzene rings is 1. The average molecular weight is 356 g/mol. The van der Waals surface area contributed by atoms with Gasteiger partial charge in [-0.3, -0.25) is 4.79 Å². The van der Waals surface area contributed by atoms with Gasteiger partial charge in [-0.05, 0) is 18.9 Å². The van der Waals surface area contributed by atoms with Crippen LogP contribution in [-0.2, 0) is 14.4 Å². The maximum atomic E-state index is 12.3. The number of rotatable bonds is 4. The Balaban J connectivity index is 1.64. The first-order valence-electron chi connectivity index (χ1n) is 8.68. The van der Waals surface area contributed by atoms with E-state index in [0.29, 0.717) is 12.0 Å². The van der Waals surface area contributed by atoms with Crippen LogP contribution in [0.15, 0.2) is 46.8 Å². The second-order valence-electron chi connectivity index (χ2n) is 7.08. The highest BCUT2D eigenvalue weighted by Crippen LogP contribution is 2.47. The van der Waals surface area contributed by atoms with Crippen LogP contribution in [0, 0.1) is 11.8 Å². The third-order valence-corrected chi connectivity index (χ3v) is 5.53. The van der Waals surface area contributed by atoms with E-state index in [0.717, 1.165) is 11.3 Å². The van der Waals surface area contributed by atoms with E-state index >= 15 is 0 Å². The molecule has 1 aromatic rings. The van der Waals surface area contributed by atoms with Crippen LogP contribution < -0.4 is 0 Å². The summed E-state index contributed by atoms with van der Waals surface area (Å²) in [7, 11) is 0. The molecule has 0 spiro atoms. The van der Waals surface area contributed by atoms with Gasteiger partial charge in [0.25, 0.3) is 0 Å². The van der Waals surface area contributed by atoms with Crippen LogP contribution in [0.1, 0.15) is 25.8 Å². The molecule has 0 unspecified atom stereocenters. The van der Waals surface area contributed by atoms with Gasteiger partial charge in [0.15, 0.2) is 6.10 Å². The Morgan fingerprint density at radius 1 is 1.35 bits per heavy atom. The summed E-state index contributed by atoms with van der Waals surface area (Å²) in [6, 6.07) is 9.28. The molecule has 4 rings (SSSR count). The number of oxime groups is 1. The number of aliphatic carboxylic acids is 1. The smallest absolute Gasteiger partial charge is 0.352 e. The fraction of sp³-hybridized carbons (Fsp3) is 0.421. The highest BCUT2D eigenvalue weighted by Gasteiger charge is 2.58. The van der Waals surface area contributed by atoms with Crippen LogP contribution in [-0.4, -0.2) is 51.0 Å². The number of hydrogen-bond acceptors (Lipinski definition) is 5. The van der Waals surface area contributed by atoms with Crippen LogP contribution >= 0.6 is 0 Å². The average Bonchev–Trinajstić information content (AvgIpc) is 3.13. The molecule has 1 amide bonds. The molecule has 0 saturated carbocycles. The van der Waals surface area contributed by atoms with E-state index in [-0.39, 0.29) is 23.6 Å². The summed E-state index contributed by atoms with van der Waals surface area (Å²) < 4.78 is 0. The van der Waals surface area contributed by atoms with Gasteiger partial charge < -0.3 is 20.0 Å². The largest absolute Gasteiger partial charge is 0.477 e. The molecule has 7 nitrogen and oxygen atoms in total. The first kappa shape index (κ1) is 16.8. The molecule has 7 heteroatoms. The van der Waals surface area contributed by atoms with Crippen molar-refractivity contribution >= 4 is 17.6 Å². The molecule has 2 N–H and O–H groups in total. The first-order valence-corrected chi connectivity index (χ1v) is 8.68. The zero-order valence-electron chi connectivity index (χ0n) is 14.5. The number of β-lactam (4-membered cyclic amide) rings is 1. The Bertz CT molecular complexity index is 830. The number of fused-ring (bicyclic) bond motifs is 1. The summed E-state index contributed by atoms with van der Waals surface area (Å²) in [5.41, 5.74) is 2.25. The zero-order chi connectivity index (χ0) is 18.6. The number of carbonyl (C=O) groups is 2. The minimum atomic E-state index is -1.15. The molecule has 0 bridgehead atoms. The summed E-state index contributed by atoms with van der Waals surface area (Å²) in [5, 5.41) is 23.7. The van der Waals surface area contributed by atoms with Crippen molar-refractivity contribution in [3.05, 3.63) is 47.2 Å². The Hall–Kier alpha value is -2.67. The highest BCUT2D eigenvalue weighted by molar-refractivity contribution is 6.04. The van der Waals surface area contributed by atoms with Gasteiger partial charge in [-0.25, -0.2) is 4.79 Å². The first-order chi connectivity index (χ1) is 12.4. The summed E-state index contributed by atoms with van der Waals surface area (Å²) in [5.74, 6) is -2.19. The Kier molecular flexibility index (Phi) is 3.84. The lowest BCUT2D eigenvalue weighted by Crippen LogP contribution is -2.61. The molecule has 0 aromatic heterocycles. The van der Waals surface area contributed by atoms with E-state index in [4.69, 9.17) is 4.84 Å². The number of aliphatic hydroxyl groups is 1. The van der Waals surface area contributed by atoms with E-state index < -0.39 is 24.1 Å². The monoisotopic (exact) mass is 356 g/mol. The highest BCUT2D eigenvalue weighted by atomic mass is 16.6. The minimum absolute atomic E-state index is 0.0155. The van der Waals surface area contributed by atoms with Gasteiger partial charge in [0.2, 0.25) is 5.91 Å². The molecule has 3 heterocycles. The molecule has 0 radical (unpaired) electrons. The number of nitrogens with zero attached hydrogens (tertiary/aromatic N) is 2. The topological polar surface area (TPSA) is 99.4 Å². The summed E-state index contributed by atoms with van der Waals surface area (Å²) in [6.07, 6.45) is -0.948. The molecule has 3 aliphatic heterocycles. The predicted molar refractivity (Wildman–Crippen MR) is 92.1 cm³/mol. The molecule has 136 valence electrons. The van der Waals surface area contributed by atoms with E-state index in [2.05, 4.69) is 5.16 Å². The van der Waals surface area contributed by atoms with Gasteiger partial charge in [0, 0.05) is 11.5 Å². The summed E-state index contributed by atoms with van der Waals surface area (Å²) >= 11 is 0. The second kappa shape index (κ2) is 5.95. The van der Waals surface area contributed by atoms with E-state index in [1.165, 1.54) is 4.90 Å². The maximum absolute atomic E-state index is 12.3. The fourth-order valence-corrected chi connectivity index (χ4v) is 4.28. The lowest BCUT2D eigenvalue weighted by Gasteiger charge is -2.44. The molecule has 1 fully saturated rings. The number of carbonyl (C=O) groups excluding carboxylic acids is 1. The second-order valence-corrected chi connectivity index (χ2v) is 7.08. The lowest BCUT2D eigenvalue weighted by atomic mass is 9.81. The number of amides is 1.